The molecule has 0 aliphatic carbocycles. The second-order valence-electron chi connectivity index (χ2n) is 3.65. The Labute approximate surface area is 120 Å². The van der Waals surface area contributed by atoms with Gasteiger partial charge in [0.1, 0.15) is 5.75 Å². The quantitative estimate of drug-likeness (QED) is 0.836. The molecule has 1 aromatic carbocycles. The minimum Gasteiger partial charge on any atom is -0.481 e. The Bertz CT molecular complexity index is 417. The standard InChI is InChI=1S/C10H10Cl2O3.C2H4O2/c1-10(8(11)12,9(13)14)15-7-5-3-2-4-6-7;1-2(3)4/h2-6,8H,1H3,(H,13,14);1H3,(H,3,4). The Balaban J connectivity index is 0.000000711. The maximum Gasteiger partial charge on any atom is 0.350 e. The topological polar surface area (TPSA) is 83.8 Å². The van der Waals surface area contributed by atoms with Gasteiger partial charge >= 0.3 is 5.97 Å². The van der Waals surface area contributed by atoms with Crippen LogP contribution in [-0.2, 0) is 9.59 Å². The first-order valence-electron chi connectivity index (χ1n) is 5.15. The summed E-state index contributed by atoms with van der Waals surface area (Å²) in [5.74, 6) is -1.63. The molecular weight excluding hydrogens is 295 g/mol. The molecule has 0 fully saturated rings. The number of carboxylic acid groups (broad SMARTS) is 2. The van der Waals surface area contributed by atoms with Crippen LogP contribution in [0.15, 0.2) is 30.3 Å². The van der Waals surface area contributed by atoms with E-state index in [9.17, 15) is 4.79 Å². The lowest BCUT2D eigenvalue weighted by Gasteiger charge is -2.27. The molecule has 1 atom stereocenters. The molecule has 0 saturated heterocycles. The number of ether oxygens (including phenoxy) is 1. The van der Waals surface area contributed by atoms with Gasteiger partial charge in [-0.3, -0.25) is 4.79 Å². The molecule has 0 bridgehead atoms. The lowest BCUT2D eigenvalue weighted by molar-refractivity contribution is -0.152. The molecule has 1 aromatic rings. The van der Waals surface area contributed by atoms with Crippen LogP contribution in [0, 0.1) is 0 Å². The van der Waals surface area contributed by atoms with Gasteiger partial charge in [0.15, 0.2) is 4.84 Å². The number of rotatable bonds is 4. The normalized spacial score (nSPS) is 12.9. The maximum absolute atomic E-state index is 11.0. The molecule has 1 unspecified atom stereocenters. The van der Waals surface area contributed by atoms with Crippen LogP contribution in [0.4, 0.5) is 0 Å². The minimum atomic E-state index is -1.65. The van der Waals surface area contributed by atoms with E-state index in [4.69, 9.17) is 42.9 Å². The molecule has 5 nitrogen and oxygen atoms in total. The summed E-state index contributed by atoms with van der Waals surface area (Å²) in [4.78, 5) is 18.8. The van der Waals surface area contributed by atoms with E-state index in [2.05, 4.69) is 0 Å². The van der Waals surface area contributed by atoms with Crippen molar-refractivity contribution < 1.29 is 24.5 Å². The SMILES string of the molecule is CC(=O)O.CC(Oc1ccccc1)(C(=O)O)C(Cl)Cl. The van der Waals surface area contributed by atoms with E-state index in [-0.39, 0.29) is 0 Å². The zero-order valence-electron chi connectivity index (χ0n) is 10.3. The maximum atomic E-state index is 11.0. The molecule has 0 aromatic heterocycles. The number of alkyl halides is 2. The third-order valence-corrected chi connectivity index (χ3v) is 2.75. The smallest absolute Gasteiger partial charge is 0.350 e. The molecule has 0 spiro atoms. The first-order chi connectivity index (χ1) is 8.70. The van der Waals surface area contributed by atoms with Gasteiger partial charge in [-0.1, -0.05) is 18.2 Å². The Hall–Kier alpha value is -1.46. The van der Waals surface area contributed by atoms with Crippen molar-refractivity contribution in [3.05, 3.63) is 30.3 Å². The van der Waals surface area contributed by atoms with Crippen LogP contribution in [0.3, 0.4) is 0 Å². The van der Waals surface area contributed by atoms with Gasteiger partial charge in [-0.25, -0.2) is 4.79 Å². The highest BCUT2D eigenvalue weighted by atomic mass is 35.5. The van der Waals surface area contributed by atoms with E-state index >= 15 is 0 Å². The van der Waals surface area contributed by atoms with Crippen LogP contribution in [0.1, 0.15) is 13.8 Å². The van der Waals surface area contributed by atoms with Crippen molar-refractivity contribution in [2.24, 2.45) is 0 Å². The first-order valence-corrected chi connectivity index (χ1v) is 6.02. The number of hydrogen-bond donors (Lipinski definition) is 2. The van der Waals surface area contributed by atoms with Crippen LogP contribution in [0.5, 0.6) is 5.75 Å². The summed E-state index contributed by atoms with van der Waals surface area (Å²) in [5, 5.41) is 16.4. The van der Waals surface area contributed by atoms with Gasteiger partial charge in [0.25, 0.3) is 5.97 Å². The Morgan fingerprint density at radius 3 is 1.95 bits per heavy atom. The number of hydrogen-bond acceptors (Lipinski definition) is 3. The van der Waals surface area contributed by atoms with E-state index < -0.39 is 22.4 Å². The molecule has 19 heavy (non-hydrogen) atoms. The summed E-state index contributed by atoms with van der Waals surface area (Å²) in [6.07, 6.45) is 0. The predicted molar refractivity (Wildman–Crippen MR) is 71.9 cm³/mol. The molecule has 0 radical (unpaired) electrons. The monoisotopic (exact) mass is 308 g/mol. The number of benzene rings is 1. The fourth-order valence-corrected chi connectivity index (χ4v) is 1.19. The van der Waals surface area contributed by atoms with Crippen LogP contribution in [0.25, 0.3) is 0 Å². The van der Waals surface area contributed by atoms with E-state index in [1.807, 2.05) is 0 Å². The van der Waals surface area contributed by atoms with Crippen molar-refractivity contribution >= 4 is 35.1 Å². The zero-order chi connectivity index (χ0) is 15.1. The average Bonchev–Trinajstić information content (AvgIpc) is 2.28. The van der Waals surface area contributed by atoms with E-state index in [1.165, 1.54) is 6.92 Å². The lowest BCUT2D eigenvalue weighted by Crippen LogP contribution is -2.47. The van der Waals surface area contributed by atoms with Crippen LogP contribution >= 0.6 is 23.2 Å². The summed E-state index contributed by atoms with van der Waals surface area (Å²) in [6, 6.07) is 8.53. The number of para-hydroxylation sites is 1. The van der Waals surface area contributed by atoms with Crippen molar-refractivity contribution in [3.8, 4) is 5.75 Å². The second-order valence-corrected chi connectivity index (χ2v) is 4.74. The minimum absolute atomic E-state index is 0.411. The highest BCUT2D eigenvalue weighted by Crippen LogP contribution is 2.27. The predicted octanol–water partition coefficient (Wildman–Crippen LogP) is 2.80. The molecule has 1 rings (SSSR count). The van der Waals surface area contributed by atoms with E-state index in [0.29, 0.717) is 5.75 Å². The lowest BCUT2D eigenvalue weighted by atomic mass is 10.1. The molecule has 0 aliphatic heterocycles. The number of aliphatic carboxylic acids is 2. The molecule has 2 N–H and O–H groups in total. The van der Waals surface area contributed by atoms with Gasteiger partial charge < -0.3 is 14.9 Å². The fourth-order valence-electron chi connectivity index (χ4n) is 0.915. The summed E-state index contributed by atoms with van der Waals surface area (Å²) >= 11 is 11.2. The highest BCUT2D eigenvalue weighted by molar-refractivity contribution is 6.46. The number of carboxylic acids is 2. The average molecular weight is 309 g/mol. The van der Waals surface area contributed by atoms with Gasteiger partial charge in [-0.2, -0.15) is 0 Å². The number of halogens is 2. The fraction of sp³-hybridized carbons (Fsp3) is 0.333. The van der Waals surface area contributed by atoms with Gasteiger partial charge in [0, 0.05) is 6.92 Å². The Morgan fingerprint density at radius 2 is 1.63 bits per heavy atom. The third-order valence-electron chi connectivity index (χ3n) is 1.91. The van der Waals surface area contributed by atoms with Gasteiger partial charge in [0.05, 0.1) is 0 Å². The third kappa shape index (κ3) is 6.31. The summed E-state index contributed by atoms with van der Waals surface area (Å²) < 4.78 is 5.26. The van der Waals surface area contributed by atoms with E-state index in [0.717, 1.165) is 6.92 Å². The Morgan fingerprint density at radius 1 is 1.21 bits per heavy atom. The summed E-state index contributed by atoms with van der Waals surface area (Å²) in [5.41, 5.74) is -1.65. The molecule has 0 saturated carbocycles. The molecule has 0 amide bonds. The molecule has 0 aliphatic rings. The first kappa shape index (κ1) is 17.5. The molecule has 7 heteroatoms. The van der Waals surface area contributed by atoms with Crippen molar-refractivity contribution in [2.75, 3.05) is 0 Å². The van der Waals surface area contributed by atoms with Crippen molar-refractivity contribution in [3.63, 3.8) is 0 Å². The number of carbonyl (C=O) groups is 2. The van der Waals surface area contributed by atoms with E-state index in [1.54, 1.807) is 30.3 Å². The summed E-state index contributed by atoms with van der Waals surface area (Å²) in [6.45, 7) is 2.41. The molecular formula is C12H14Cl2O5. The Kier molecular flexibility index (Phi) is 7.26. The largest absolute Gasteiger partial charge is 0.481 e. The van der Waals surface area contributed by atoms with Crippen LogP contribution in [-0.4, -0.2) is 32.6 Å². The van der Waals surface area contributed by atoms with Gasteiger partial charge in [-0.05, 0) is 19.1 Å². The van der Waals surface area contributed by atoms with Crippen molar-refractivity contribution in [1.82, 2.24) is 0 Å². The van der Waals surface area contributed by atoms with Gasteiger partial charge in [-0.15, -0.1) is 23.2 Å². The summed E-state index contributed by atoms with van der Waals surface area (Å²) in [7, 11) is 0. The molecule has 0 heterocycles. The van der Waals surface area contributed by atoms with Crippen molar-refractivity contribution in [2.45, 2.75) is 24.3 Å². The van der Waals surface area contributed by atoms with Crippen LogP contribution in [0.2, 0.25) is 0 Å². The zero-order valence-corrected chi connectivity index (χ0v) is 11.9. The van der Waals surface area contributed by atoms with Crippen LogP contribution < -0.4 is 4.74 Å². The second kappa shape index (κ2) is 7.86. The van der Waals surface area contributed by atoms with Gasteiger partial charge in [0.2, 0.25) is 5.60 Å². The van der Waals surface area contributed by atoms with Crippen molar-refractivity contribution in [1.29, 1.82) is 0 Å². The molecule has 106 valence electrons. The highest BCUT2D eigenvalue weighted by Gasteiger charge is 2.42.